The summed E-state index contributed by atoms with van der Waals surface area (Å²) in [5.41, 5.74) is 0.111. The molecule has 6 nitrogen and oxygen atoms in total. The molecule has 1 aromatic rings. The van der Waals surface area contributed by atoms with Crippen molar-refractivity contribution >= 4 is 39.1 Å². The molecule has 0 saturated heterocycles. The van der Waals surface area contributed by atoms with Crippen molar-refractivity contribution in [3.8, 4) is 0 Å². The van der Waals surface area contributed by atoms with Crippen LogP contribution in [0, 0.1) is 0 Å². The van der Waals surface area contributed by atoms with E-state index in [1.165, 1.54) is 12.1 Å². The summed E-state index contributed by atoms with van der Waals surface area (Å²) in [5, 5.41) is 1.98. The Bertz CT molecular complexity index is 634. The average molecular weight is 347 g/mol. The van der Waals surface area contributed by atoms with Crippen molar-refractivity contribution in [2.45, 2.75) is 6.18 Å². The first kappa shape index (κ1) is 17.4. The minimum absolute atomic E-state index is 0.0472. The fourth-order valence-electron chi connectivity index (χ4n) is 1.18. The van der Waals surface area contributed by atoms with E-state index < -0.39 is 28.9 Å². The lowest BCUT2D eigenvalue weighted by atomic mass is 10.3. The van der Waals surface area contributed by atoms with Crippen LogP contribution in [0.25, 0.3) is 0 Å². The zero-order chi connectivity index (χ0) is 16.3. The normalized spacial score (nSPS) is 11.9. The summed E-state index contributed by atoms with van der Waals surface area (Å²) in [5.74, 6) is 0. The number of carbonyl (C=O) groups is 1. The Morgan fingerprint density at radius 1 is 1.38 bits per heavy atom. The molecule has 0 bridgehead atoms. The SMILES string of the molecule is CS(=O)(=O)Nc1ccc(NC(=O)OCC(F)(F)F)cc1Cl. The van der Waals surface area contributed by atoms with Crippen LogP contribution < -0.4 is 10.0 Å². The molecule has 0 aliphatic heterocycles. The predicted molar refractivity (Wildman–Crippen MR) is 70.9 cm³/mol. The van der Waals surface area contributed by atoms with Gasteiger partial charge in [-0.2, -0.15) is 13.2 Å². The molecule has 0 aliphatic rings. The molecule has 0 radical (unpaired) electrons. The molecule has 0 aromatic heterocycles. The van der Waals surface area contributed by atoms with Crippen molar-refractivity contribution in [1.29, 1.82) is 0 Å². The minimum Gasteiger partial charge on any atom is -0.440 e. The fourth-order valence-corrected chi connectivity index (χ4v) is 2.04. The van der Waals surface area contributed by atoms with E-state index in [-0.39, 0.29) is 16.4 Å². The largest absolute Gasteiger partial charge is 0.440 e. The van der Waals surface area contributed by atoms with Gasteiger partial charge in [-0.25, -0.2) is 13.2 Å². The molecule has 0 aliphatic carbocycles. The average Bonchev–Trinajstić information content (AvgIpc) is 2.28. The van der Waals surface area contributed by atoms with E-state index in [2.05, 4.69) is 9.46 Å². The van der Waals surface area contributed by atoms with Crippen LogP contribution in [-0.4, -0.2) is 33.5 Å². The van der Waals surface area contributed by atoms with Crippen LogP contribution in [0.3, 0.4) is 0 Å². The van der Waals surface area contributed by atoms with Gasteiger partial charge < -0.3 is 4.74 Å². The maximum Gasteiger partial charge on any atom is 0.422 e. The van der Waals surface area contributed by atoms with Gasteiger partial charge in [-0.1, -0.05) is 11.6 Å². The number of alkyl halides is 3. The highest BCUT2D eigenvalue weighted by atomic mass is 35.5. The minimum atomic E-state index is -4.63. The van der Waals surface area contributed by atoms with Gasteiger partial charge in [0.2, 0.25) is 10.0 Å². The zero-order valence-corrected chi connectivity index (χ0v) is 12.1. The Morgan fingerprint density at radius 3 is 2.48 bits per heavy atom. The van der Waals surface area contributed by atoms with Crippen molar-refractivity contribution in [3.63, 3.8) is 0 Å². The lowest BCUT2D eigenvalue weighted by Gasteiger charge is -2.11. The first-order chi connectivity index (χ1) is 9.46. The molecule has 0 atom stereocenters. The number of sulfonamides is 1. The summed E-state index contributed by atoms with van der Waals surface area (Å²) in [6, 6.07) is 3.64. The number of rotatable bonds is 4. The van der Waals surface area contributed by atoms with Crippen molar-refractivity contribution < 1.29 is 31.1 Å². The van der Waals surface area contributed by atoms with Gasteiger partial charge >= 0.3 is 12.3 Å². The van der Waals surface area contributed by atoms with Crippen molar-refractivity contribution in [2.75, 3.05) is 22.9 Å². The quantitative estimate of drug-likeness (QED) is 0.878. The van der Waals surface area contributed by atoms with Crippen LogP contribution in [-0.2, 0) is 14.8 Å². The van der Waals surface area contributed by atoms with Crippen molar-refractivity contribution in [1.82, 2.24) is 0 Å². The van der Waals surface area contributed by atoms with Crippen LogP contribution in [0.15, 0.2) is 18.2 Å². The third-order valence-electron chi connectivity index (χ3n) is 1.88. The molecule has 1 aromatic carbocycles. The smallest absolute Gasteiger partial charge is 0.422 e. The summed E-state index contributed by atoms with van der Waals surface area (Å²) in [7, 11) is -3.53. The number of carbonyl (C=O) groups excluding carboxylic acids is 1. The highest BCUT2D eigenvalue weighted by Gasteiger charge is 2.29. The lowest BCUT2D eigenvalue weighted by Crippen LogP contribution is -2.23. The Hall–Kier alpha value is -1.68. The van der Waals surface area contributed by atoms with Crippen molar-refractivity contribution in [2.24, 2.45) is 0 Å². The van der Waals surface area contributed by atoms with Gasteiger partial charge in [0.1, 0.15) is 0 Å². The van der Waals surface area contributed by atoms with Crippen LogP contribution in [0.5, 0.6) is 0 Å². The van der Waals surface area contributed by atoms with Gasteiger partial charge in [0.05, 0.1) is 17.0 Å². The standard InChI is InChI=1S/C10H10ClF3N2O4S/c1-21(18,19)16-8-3-2-6(4-7(8)11)15-9(17)20-5-10(12,13)14/h2-4,16H,5H2,1H3,(H,15,17). The van der Waals surface area contributed by atoms with E-state index in [0.29, 0.717) is 0 Å². The Kier molecular flexibility index (Phi) is 5.29. The molecule has 2 N–H and O–H groups in total. The van der Waals surface area contributed by atoms with Gasteiger partial charge in [0.15, 0.2) is 6.61 Å². The number of amides is 1. The first-order valence-electron chi connectivity index (χ1n) is 5.24. The maximum absolute atomic E-state index is 11.8. The van der Waals surface area contributed by atoms with E-state index in [9.17, 15) is 26.4 Å². The second-order valence-electron chi connectivity index (χ2n) is 3.89. The van der Waals surface area contributed by atoms with Gasteiger partial charge in [-0.05, 0) is 18.2 Å². The third kappa shape index (κ3) is 7.04. The maximum atomic E-state index is 11.8. The monoisotopic (exact) mass is 346 g/mol. The number of anilines is 2. The first-order valence-corrected chi connectivity index (χ1v) is 7.51. The summed E-state index contributed by atoms with van der Waals surface area (Å²) in [6.07, 6.45) is -5.02. The van der Waals surface area contributed by atoms with Gasteiger partial charge in [0, 0.05) is 5.69 Å². The van der Waals surface area contributed by atoms with E-state index in [1.807, 2.05) is 5.32 Å². The van der Waals surface area contributed by atoms with Gasteiger partial charge in [-0.3, -0.25) is 10.0 Å². The van der Waals surface area contributed by atoms with Crippen LogP contribution in [0.4, 0.5) is 29.3 Å². The fraction of sp³-hybridized carbons (Fsp3) is 0.300. The van der Waals surface area contributed by atoms with Crippen LogP contribution >= 0.6 is 11.6 Å². The molecule has 11 heteroatoms. The van der Waals surface area contributed by atoms with E-state index >= 15 is 0 Å². The molecular weight excluding hydrogens is 337 g/mol. The second-order valence-corrected chi connectivity index (χ2v) is 6.04. The molecule has 1 amide bonds. The number of benzene rings is 1. The molecule has 0 heterocycles. The molecule has 0 saturated carbocycles. The van der Waals surface area contributed by atoms with Crippen molar-refractivity contribution in [3.05, 3.63) is 23.2 Å². The Balaban J connectivity index is 2.70. The zero-order valence-electron chi connectivity index (χ0n) is 10.5. The number of nitrogens with one attached hydrogen (secondary N) is 2. The van der Waals surface area contributed by atoms with Gasteiger partial charge in [0.25, 0.3) is 0 Å². The molecule has 0 unspecified atom stereocenters. The van der Waals surface area contributed by atoms with E-state index in [4.69, 9.17) is 11.6 Å². The number of hydrogen-bond donors (Lipinski definition) is 2. The Labute approximate surface area is 123 Å². The summed E-state index contributed by atoms with van der Waals surface area (Å²) < 4.78 is 63.6. The van der Waals surface area contributed by atoms with Crippen LogP contribution in [0.2, 0.25) is 5.02 Å². The van der Waals surface area contributed by atoms with E-state index in [0.717, 1.165) is 12.3 Å². The Morgan fingerprint density at radius 2 is 2.00 bits per heavy atom. The molecular formula is C10H10ClF3N2O4S. The number of halogens is 4. The third-order valence-corrected chi connectivity index (χ3v) is 2.78. The highest BCUT2D eigenvalue weighted by Crippen LogP contribution is 2.26. The topological polar surface area (TPSA) is 84.5 Å². The number of hydrogen-bond acceptors (Lipinski definition) is 4. The number of ether oxygens (including phenoxy) is 1. The van der Waals surface area contributed by atoms with Gasteiger partial charge in [-0.15, -0.1) is 0 Å². The molecule has 1 rings (SSSR count). The lowest BCUT2D eigenvalue weighted by molar-refractivity contribution is -0.159. The second kappa shape index (κ2) is 6.39. The summed E-state index contributed by atoms with van der Waals surface area (Å²) in [4.78, 5) is 11.1. The summed E-state index contributed by atoms with van der Waals surface area (Å²) in [6.45, 7) is -1.72. The predicted octanol–water partition coefficient (Wildman–Crippen LogP) is 2.82. The van der Waals surface area contributed by atoms with E-state index in [1.54, 1.807) is 0 Å². The molecule has 0 spiro atoms. The molecule has 21 heavy (non-hydrogen) atoms. The molecule has 118 valence electrons. The molecule has 0 fully saturated rings. The summed E-state index contributed by atoms with van der Waals surface area (Å²) >= 11 is 5.77. The van der Waals surface area contributed by atoms with Crippen LogP contribution in [0.1, 0.15) is 0 Å². The highest BCUT2D eigenvalue weighted by molar-refractivity contribution is 7.92.